The van der Waals surface area contributed by atoms with E-state index in [4.69, 9.17) is 28.9 Å². The zero-order valence-corrected chi connectivity index (χ0v) is 12.6. The lowest BCUT2D eigenvalue weighted by molar-refractivity contribution is 1.11. The van der Waals surface area contributed by atoms with Gasteiger partial charge in [0.25, 0.3) is 0 Å². The number of nitrogen functional groups attached to an aromatic ring is 1. The third-order valence-corrected chi connectivity index (χ3v) is 4.09. The largest absolute Gasteiger partial charge is 0.369 e. The molecular weight excluding hydrogens is 293 g/mol. The van der Waals surface area contributed by atoms with E-state index in [0.717, 1.165) is 27.8 Å². The van der Waals surface area contributed by atoms with Gasteiger partial charge >= 0.3 is 0 Å². The standard InChI is InChI=1S/C15H13Cl2N3/c1-8-4-3-5-12-14(8)19-15(18)20(12)13-7-10(16)9(2)6-11(13)17/h3-7H,1-2H3,(H2,18,19). The van der Waals surface area contributed by atoms with Crippen LogP contribution < -0.4 is 5.73 Å². The quantitative estimate of drug-likeness (QED) is 0.717. The molecular formula is C15H13Cl2N3. The molecule has 1 heterocycles. The second-order valence-electron chi connectivity index (χ2n) is 4.80. The van der Waals surface area contributed by atoms with Crippen molar-refractivity contribution in [2.75, 3.05) is 5.73 Å². The van der Waals surface area contributed by atoms with Crippen LogP contribution in [0.15, 0.2) is 30.3 Å². The molecule has 5 heteroatoms. The molecule has 0 amide bonds. The Morgan fingerprint density at radius 3 is 2.55 bits per heavy atom. The van der Waals surface area contributed by atoms with Crippen LogP contribution in [0.1, 0.15) is 11.1 Å². The van der Waals surface area contributed by atoms with Gasteiger partial charge in [0.05, 0.1) is 21.7 Å². The minimum absolute atomic E-state index is 0.399. The molecule has 2 aromatic carbocycles. The Labute approximate surface area is 126 Å². The van der Waals surface area contributed by atoms with E-state index in [-0.39, 0.29) is 0 Å². The van der Waals surface area contributed by atoms with Crippen molar-refractivity contribution >= 4 is 40.2 Å². The number of hydrogen-bond acceptors (Lipinski definition) is 2. The molecule has 0 aliphatic rings. The Kier molecular flexibility index (Phi) is 3.11. The number of benzene rings is 2. The van der Waals surface area contributed by atoms with Crippen LogP contribution in [0.25, 0.3) is 16.7 Å². The molecule has 0 saturated heterocycles. The SMILES string of the molecule is Cc1cc(Cl)c(-n2c(N)nc3c(C)cccc32)cc1Cl. The second-order valence-corrected chi connectivity index (χ2v) is 5.62. The number of halogens is 2. The van der Waals surface area contributed by atoms with Gasteiger partial charge in [-0.1, -0.05) is 35.3 Å². The molecule has 3 rings (SSSR count). The number of nitrogens with two attached hydrogens (primary N) is 1. The van der Waals surface area contributed by atoms with E-state index in [9.17, 15) is 0 Å². The summed E-state index contributed by atoms with van der Waals surface area (Å²) in [6, 6.07) is 9.59. The van der Waals surface area contributed by atoms with Crippen LogP contribution in [0.5, 0.6) is 0 Å². The predicted molar refractivity (Wildman–Crippen MR) is 85.0 cm³/mol. The molecule has 0 aliphatic heterocycles. The summed E-state index contributed by atoms with van der Waals surface area (Å²) in [5.41, 5.74) is 10.6. The van der Waals surface area contributed by atoms with Crippen LogP contribution in [-0.2, 0) is 0 Å². The van der Waals surface area contributed by atoms with Gasteiger partial charge in [0.1, 0.15) is 0 Å². The van der Waals surface area contributed by atoms with E-state index in [1.807, 2.05) is 48.7 Å². The van der Waals surface area contributed by atoms with Crippen LogP contribution in [0, 0.1) is 13.8 Å². The number of hydrogen-bond donors (Lipinski definition) is 1. The third-order valence-electron chi connectivity index (χ3n) is 3.38. The molecule has 0 aliphatic carbocycles. The van der Waals surface area contributed by atoms with Gasteiger partial charge in [-0.2, -0.15) is 0 Å². The number of para-hydroxylation sites is 1. The van der Waals surface area contributed by atoms with Crippen molar-refractivity contribution in [3.05, 3.63) is 51.5 Å². The molecule has 3 nitrogen and oxygen atoms in total. The molecule has 0 radical (unpaired) electrons. The number of rotatable bonds is 1. The lowest BCUT2D eigenvalue weighted by Crippen LogP contribution is -2.01. The van der Waals surface area contributed by atoms with E-state index in [1.165, 1.54) is 0 Å². The van der Waals surface area contributed by atoms with Gasteiger partial charge in [-0.3, -0.25) is 4.57 Å². The zero-order chi connectivity index (χ0) is 14.4. The number of anilines is 1. The molecule has 2 N–H and O–H groups in total. The highest BCUT2D eigenvalue weighted by Gasteiger charge is 2.15. The lowest BCUT2D eigenvalue weighted by Gasteiger charge is -2.11. The smallest absolute Gasteiger partial charge is 0.205 e. The molecule has 20 heavy (non-hydrogen) atoms. The molecule has 3 aromatic rings. The topological polar surface area (TPSA) is 43.8 Å². The molecule has 102 valence electrons. The van der Waals surface area contributed by atoms with Crippen molar-refractivity contribution in [2.45, 2.75) is 13.8 Å². The Morgan fingerprint density at radius 1 is 1.05 bits per heavy atom. The van der Waals surface area contributed by atoms with Crippen LogP contribution in [0.3, 0.4) is 0 Å². The predicted octanol–water partition coefficient (Wildman–Crippen LogP) is 4.53. The van der Waals surface area contributed by atoms with Crippen molar-refractivity contribution in [1.29, 1.82) is 0 Å². The molecule has 0 bridgehead atoms. The summed E-state index contributed by atoms with van der Waals surface area (Å²) >= 11 is 12.5. The lowest BCUT2D eigenvalue weighted by atomic mass is 10.2. The first-order chi connectivity index (χ1) is 9.49. The average molecular weight is 306 g/mol. The molecule has 0 spiro atoms. The summed E-state index contributed by atoms with van der Waals surface area (Å²) in [6.45, 7) is 3.92. The van der Waals surface area contributed by atoms with Crippen LogP contribution >= 0.6 is 23.2 Å². The monoisotopic (exact) mass is 305 g/mol. The van der Waals surface area contributed by atoms with Gasteiger partial charge in [-0.05, 0) is 43.2 Å². The average Bonchev–Trinajstić information content (AvgIpc) is 2.72. The van der Waals surface area contributed by atoms with Gasteiger partial charge in [-0.25, -0.2) is 4.98 Å². The van der Waals surface area contributed by atoms with Crippen LogP contribution in [0.2, 0.25) is 10.0 Å². The van der Waals surface area contributed by atoms with Gasteiger partial charge in [0.2, 0.25) is 5.95 Å². The van der Waals surface area contributed by atoms with E-state index in [2.05, 4.69) is 4.98 Å². The molecule has 0 fully saturated rings. The minimum Gasteiger partial charge on any atom is -0.369 e. The maximum atomic E-state index is 6.34. The minimum atomic E-state index is 0.399. The summed E-state index contributed by atoms with van der Waals surface area (Å²) in [5, 5.41) is 1.25. The van der Waals surface area contributed by atoms with Crippen molar-refractivity contribution in [3.63, 3.8) is 0 Å². The summed E-state index contributed by atoms with van der Waals surface area (Å²) in [5.74, 6) is 0.399. The summed E-state index contributed by atoms with van der Waals surface area (Å²) in [6.07, 6.45) is 0. The second kappa shape index (κ2) is 4.69. The highest BCUT2D eigenvalue weighted by atomic mass is 35.5. The Balaban J connectivity index is 2.38. The van der Waals surface area contributed by atoms with Gasteiger partial charge < -0.3 is 5.73 Å². The number of aryl methyl sites for hydroxylation is 2. The Morgan fingerprint density at radius 2 is 1.80 bits per heavy atom. The van der Waals surface area contributed by atoms with Crippen LogP contribution in [0.4, 0.5) is 5.95 Å². The fourth-order valence-corrected chi connectivity index (χ4v) is 2.78. The third kappa shape index (κ3) is 1.94. The molecule has 0 unspecified atom stereocenters. The molecule has 0 saturated carbocycles. The summed E-state index contributed by atoms with van der Waals surface area (Å²) < 4.78 is 1.83. The van der Waals surface area contributed by atoms with Crippen molar-refractivity contribution in [1.82, 2.24) is 9.55 Å². The fraction of sp³-hybridized carbons (Fsp3) is 0.133. The van der Waals surface area contributed by atoms with Gasteiger partial charge in [-0.15, -0.1) is 0 Å². The van der Waals surface area contributed by atoms with Crippen molar-refractivity contribution < 1.29 is 0 Å². The van der Waals surface area contributed by atoms with E-state index in [1.54, 1.807) is 0 Å². The summed E-state index contributed by atoms with van der Waals surface area (Å²) in [4.78, 5) is 4.42. The van der Waals surface area contributed by atoms with Gasteiger partial charge in [0.15, 0.2) is 0 Å². The number of nitrogens with zero attached hydrogens (tertiary/aromatic N) is 2. The van der Waals surface area contributed by atoms with Crippen LogP contribution in [-0.4, -0.2) is 9.55 Å². The van der Waals surface area contributed by atoms with E-state index >= 15 is 0 Å². The normalized spacial score (nSPS) is 11.2. The Bertz CT molecular complexity index is 822. The summed E-state index contributed by atoms with van der Waals surface area (Å²) in [7, 11) is 0. The van der Waals surface area contributed by atoms with Gasteiger partial charge in [0, 0.05) is 5.02 Å². The first-order valence-electron chi connectivity index (χ1n) is 6.18. The fourth-order valence-electron chi connectivity index (χ4n) is 2.32. The maximum absolute atomic E-state index is 6.34. The Hall–Kier alpha value is -1.71. The van der Waals surface area contributed by atoms with E-state index in [0.29, 0.717) is 16.0 Å². The highest BCUT2D eigenvalue weighted by Crippen LogP contribution is 2.32. The number of imidazole rings is 1. The highest BCUT2D eigenvalue weighted by molar-refractivity contribution is 6.35. The number of fused-ring (bicyclic) bond motifs is 1. The first kappa shape index (κ1) is 13.3. The van der Waals surface area contributed by atoms with Crippen molar-refractivity contribution in [2.24, 2.45) is 0 Å². The number of aromatic nitrogens is 2. The maximum Gasteiger partial charge on any atom is 0.205 e. The zero-order valence-electron chi connectivity index (χ0n) is 11.1. The first-order valence-corrected chi connectivity index (χ1v) is 6.94. The van der Waals surface area contributed by atoms with Crippen molar-refractivity contribution in [3.8, 4) is 5.69 Å². The molecule has 1 aromatic heterocycles. The molecule has 0 atom stereocenters. The van der Waals surface area contributed by atoms with E-state index < -0.39 is 0 Å².